The van der Waals surface area contributed by atoms with E-state index in [9.17, 15) is 5.11 Å². The second-order valence-corrected chi connectivity index (χ2v) is 4.89. The van der Waals surface area contributed by atoms with Crippen molar-refractivity contribution in [1.82, 2.24) is 0 Å². The van der Waals surface area contributed by atoms with Gasteiger partial charge in [-0.15, -0.1) is 0 Å². The summed E-state index contributed by atoms with van der Waals surface area (Å²) in [5.41, 5.74) is 1.90. The smallest absolute Gasteiger partial charge is 0.124 e. The molecule has 19 heavy (non-hydrogen) atoms. The predicted molar refractivity (Wildman–Crippen MR) is 77.4 cm³/mol. The van der Waals surface area contributed by atoms with Crippen LogP contribution in [-0.4, -0.2) is 17.8 Å². The molecule has 0 aliphatic carbocycles. The summed E-state index contributed by atoms with van der Waals surface area (Å²) in [6, 6.07) is 5.78. The molecule has 0 radical (unpaired) electrons. The Hall–Kier alpha value is -1.06. The van der Waals surface area contributed by atoms with Gasteiger partial charge < -0.3 is 14.6 Å². The lowest BCUT2D eigenvalue weighted by Gasteiger charge is -2.16. The zero-order chi connectivity index (χ0) is 14.3. The van der Waals surface area contributed by atoms with Crippen molar-refractivity contribution >= 4 is 0 Å². The monoisotopic (exact) mass is 266 g/mol. The van der Waals surface area contributed by atoms with Crippen LogP contribution in [0.25, 0.3) is 0 Å². The number of aliphatic hydroxyl groups excluding tert-OH is 1. The Labute approximate surface area is 116 Å². The van der Waals surface area contributed by atoms with E-state index >= 15 is 0 Å². The molecule has 2 unspecified atom stereocenters. The highest BCUT2D eigenvalue weighted by Gasteiger charge is 2.10. The quantitative estimate of drug-likeness (QED) is 0.777. The maximum atomic E-state index is 9.65. The van der Waals surface area contributed by atoms with Crippen LogP contribution in [0.2, 0.25) is 0 Å². The number of aliphatic hydroxyl groups is 1. The van der Waals surface area contributed by atoms with Crippen LogP contribution < -0.4 is 4.74 Å². The molecule has 1 rings (SSSR count). The summed E-state index contributed by atoms with van der Waals surface area (Å²) in [6.07, 6.45) is 1.95. The van der Waals surface area contributed by atoms with E-state index in [1.165, 1.54) is 0 Å². The lowest BCUT2D eigenvalue weighted by atomic mass is 10.1. The Morgan fingerprint density at radius 3 is 2.53 bits per heavy atom. The third-order valence-electron chi connectivity index (χ3n) is 3.09. The van der Waals surface area contributed by atoms with Gasteiger partial charge in [0.05, 0.1) is 25.4 Å². The van der Waals surface area contributed by atoms with Gasteiger partial charge in [-0.3, -0.25) is 0 Å². The fourth-order valence-corrected chi connectivity index (χ4v) is 1.99. The molecule has 0 aliphatic rings. The number of rotatable bonds is 8. The summed E-state index contributed by atoms with van der Waals surface area (Å²) >= 11 is 0. The zero-order valence-electron chi connectivity index (χ0n) is 12.5. The SMILES string of the molecule is CCCC(C)OCc1cc(C(C)O)ccc1OCC. The minimum Gasteiger partial charge on any atom is -0.494 e. The van der Waals surface area contributed by atoms with E-state index in [0.717, 1.165) is 29.7 Å². The molecule has 0 bridgehead atoms. The third-order valence-corrected chi connectivity index (χ3v) is 3.09. The molecule has 2 atom stereocenters. The van der Waals surface area contributed by atoms with E-state index in [1.54, 1.807) is 6.92 Å². The van der Waals surface area contributed by atoms with E-state index in [2.05, 4.69) is 13.8 Å². The standard InChI is InChI=1S/C16H26O3/c1-5-7-12(3)19-11-15-10-14(13(4)17)8-9-16(15)18-6-2/h8-10,12-13,17H,5-7,11H2,1-4H3. The average molecular weight is 266 g/mol. The van der Waals surface area contributed by atoms with Crippen molar-refractivity contribution in [2.75, 3.05) is 6.61 Å². The zero-order valence-corrected chi connectivity index (χ0v) is 12.5. The van der Waals surface area contributed by atoms with Crippen molar-refractivity contribution in [3.63, 3.8) is 0 Å². The molecule has 3 heteroatoms. The molecule has 0 spiro atoms. The largest absolute Gasteiger partial charge is 0.494 e. The molecule has 0 amide bonds. The van der Waals surface area contributed by atoms with Crippen molar-refractivity contribution in [3.05, 3.63) is 29.3 Å². The first kappa shape index (κ1) is 16.0. The van der Waals surface area contributed by atoms with Gasteiger partial charge in [0.1, 0.15) is 5.75 Å². The van der Waals surface area contributed by atoms with Gasteiger partial charge in [-0.25, -0.2) is 0 Å². The summed E-state index contributed by atoms with van der Waals surface area (Å²) < 4.78 is 11.4. The molecule has 1 N–H and O–H groups in total. The molecule has 0 heterocycles. The van der Waals surface area contributed by atoms with E-state index in [-0.39, 0.29) is 6.10 Å². The minimum atomic E-state index is -0.470. The summed E-state index contributed by atoms with van der Waals surface area (Å²) in [6.45, 7) is 9.12. The minimum absolute atomic E-state index is 0.245. The number of ether oxygens (including phenoxy) is 2. The Bertz CT molecular complexity index is 374. The first-order valence-electron chi connectivity index (χ1n) is 7.13. The van der Waals surface area contributed by atoms with Gasteiger partial charge >= 0.3 is 0 Å². The molecule has 0 aliphatic heterocycles. The summed E-state index contributed by atoms with van der Waals surface area (Å²) in [4.78, 5) is 0. The molecule has 0 saturated heterocycles. The Kier molecular flexibility index (Phi) is 6.89. The summed E-state index contributed by atoms with van der Waals surface area (Å²) in [5.74, 6) is 0.843. The average Bonchev–Trinajstić information content (AvgIpc) is 2.38. The first-order chi connectivity index (χ1) is 9.08. The van der Waals surface area contributed by atoms with Crippen molar-refractivity contribution in [1.29, 1.82) is 0 Å². The fraction of sp³-hybridized carbons (Fsp3) is 0.625. The summed E-state index contributed by atoms with van der Waals surface area (Å²) in [5, 5.41) is 9.65. The maximum absolute atomic E-state index is 9.65. The number of hydrogen-bond acceptors (Lipinski definition) is 3. The molecule has 1 aromatic rings. The van der Waals surface area contributed by atoms with Crippen molar-refractivity contribution < 1.29 is 14.6 Å². The molecule has 0 saturated carbocycles. The van der Waals surface area contributed by atoms with E-state index in [0.29, 0.717) is 13.2 Å². The molecule has 0 aromatic heterocycles. The molecule has 1 aromatic carbocycles. The van der Waals surface area contributed by atoms with E-state index < -0.39 is 6.10 Å². The van der Waals surface area contributed by atoms with Crippen LogP contribution in [-0.2, 0) is 11.3 Å². The highest BCUT2D eigenvalue weighted by atomic mass is 16.5. The van der Waals surface area contributed by atoms with Crippen LogP contribution >= 0.6 is 0 Å². The van der Waals surface area contributed by atoms with Crippen molar-refractivity contribution in [3.8, 4) is 5.75 Å². The van der Waals surface area contributed by atoms with E-state index in [4.69, 9.17) is 9.47 Å². The van der Waals surface area contributed by atoms with Gasteiger partial charge in [-0.1, -0.05) is 19.4 Å². The molecule has 108 valence electrons. The van der Waals surface area contributed by atoms with Gasteiger partial charge in [-0.2, -0.15) is 0 Å². The van der Waals surface area contributed by atoms with Crippen LogP contribution in [0.15, 0.2) is 18.2 Å². The Morgan fingerprint density at radius 2 is 1.95 bits per heavy atom. The number of hydrogen-bond donors (Lipinski definition) is 1. The third kappa shape index (κ3) is 5.21. The van der Waals surface area contributed by atoms with E-state index in [1.807, 2.05) is 25.1 Å². The number of benzene rings is 1. The van der Waals surface area contributed by atoms with Crippen LogP contribution in [0.4, 0.5) is 0 Å². The second kappa shape index (κ2) is 8.18. The second-order valence-electron chi connectivity index (χ2n) is 4.89. The first-order valence-corrected chi connectivity index (χ1v) is 7.13. The highest BCUT2D eigenvalue weighted by molar-refractivity contribution is 5.37. The molecular formula is C16H26O3. The summed E-state index contributed by atoms with van der Waals surface area (Å²) in [7, 11) is 0. The predicted octanol–water partition coefficient (Wildman–Crippen LogP) is 3.84. The fourth-order valence-electron chi connectivity index (χ4n) is 1.99. The lowest BCUT2D eigenvalue weighted by Crippen LogP contribution is -2.09. The topological polar surface area (TPSA) is 38.7 Å². The van der Waals surface area contributed by atoms with Crippen molar-refractivity contribution in [2.45, 2.75) is 59.4 Å². The molecule has 0 fully saturated rings. The van der Waals surface area contributed by atoms with Gasteiger partial charge in [0.2, 0.25) is 0 Å². The van der Waals surface area contributed by atoms with Gasteiger partial charge in [-0.05, 0) is 44.9 Å². The normalized spacial score (nSPS) is 14.2. The molecular weight excluding hydrogens is 240 g/mol. The maximum Gasteiger partial charge on any atom is 0.124 e. The van der Waals surface area contributed by atoms with Gasteiger partial charge in [0, 0.05) is 5.56 Å². The van der Waals surface area contributed by atoms with Crippen LogP contribution in [0, 0.1) is 0 Å². The molecule has 3 nitrogen and oxygen atoms in total. The Morgan fingerprint density at radius 1 is 1.21 bits per heavy atom. The van der Waals surface area contributed by atoms with Crippen LogP contribution in [0.5, 0.6) is 5.75 Å². The van der Waals surface area contributed by atoms with Crippen LogP contribution in [0.1, 0.15) is 57.8 Å². The van der Waals surface area contributed by atoms with Gasteiger partial charge in [0.25, 0.3) is 0 Å². The Balaban J connectivity index is 2.78. The van der Waals surface area contributed by atoms with Crippen LogP contribution in [0.3, 0.4) is 0 Å². The highest BCUT2D eigenvalue weighted by Crippen LogP contribution is 2.25. The van der Waals surface area contributed by atoms with Gasteiger partial charge in [0.15, 0.2) is 0 Å². The lowest BCUT2D eigenvalue weighted by molar-refractivity contribution is 0.0457. The van der Waals surface area contributed by atoms with Crippen molar-refractivity contribution in [2.24, 2.45) is 0 Å².